The van der Waals surface area contributed by atoms with E-state index in [-0.39, 0.29) is 0 Å². The fourth-order valence-electron chi connectivity index (χ4n) is 2.34. The highest BCUT2D eigenvalue weighted by atomic mass is 35.5. The lowest BCUT2D eigenvalue weighted by molar-refractivity contribution is 1.43. The lowest BCUT2D eigenvalue weighted by atomic mass is 9.39. The molecule has 82 valence electrons. The first-order valence-corrected chi connectivity index (χ1v) is 6.21. The van der Waals surface area contributed by atoms with Crippen molar-refractivity contribution in [3.63, 3.8) is 0 Å². The van der Waals surface area contributed by atoms with E-state index in [2.05, 4.69) is 49.4 Å². The van der Waals surface area contributed by atoms with Crippen LogP contribution in [0.4, 0.5) is 0 Å². The summed E-state index contributed by atoms with van der Waals surface area (Å²) in [5.74, 6) is 0. The normalized spacial score (nSPS) is 12.4. The molecule has 0 spiro atoms. The Morgan fingerprint density at radius 2 is 1.44 bits per heavy atom. The molecule has 0 radical (unpaired) electrons. The van der Waals surface area contributed by atoms with Gasteiger partial charge in [0.15, 0.2) is 0 Å². The highest BCUT2D eigenvalue weighted by molar-refractivity contribution is 6.85. The molecule has 2 rings (SSSR count). The van der Waals surface area contributed by atoms with Crippen molar-refractivity contribution in [2.24, 2.45) is 0 Å². The van der Waals surface area contributed by atoms with E-state index in [1.54, 1.807) is 0 Å². The second-order valence-electron chi connectivity index (χ2n) is 4.29. The third kappa shape index (κ3) is 2.48. The molecule has 0 amide bonds. The van der Waals surface area contributed by atoms with E-state index >= 15 is 0 Å². The Balaban J connectivity index is 2.33. The molecule has 16 heavy (non-hydrogen) atoms. The Morgan fingerprint density at radius 1 is 0.875 bits per heavy atom. The summed E-state index contributed by atoms with van der Waals surface area (Å²) in [5.41, 5.74) is 2.87. The molecule has 1 atom stereocenters. The zero-order valence-electron chi connectivity index (χ0n) is 9.49. The van der Waals surface area contributed by atoms with Gasteiger partial charge in [0.1, 0.15) is 0 Å². The predicted molar refractivity (Wildman–Crippen MR) is 74.8 cm³/mol. The maximum atomic E-state index is 5.91. The molecule has 0 fully saturated rings. The monoisotopic (exact) mass is 229 g/mol. The third-order valence-corrected chi connectivity index (χ3v) is 3.49. The minimum Gasteiger partial charge on any atom is -0.208 e. The summed E-state index contributed by atoms with van der Waals surface area (Å²) in [6.07, 6.45) is 1.19. The van der Waals surface area contributed by atoms with Crippen molar-refractivity contribution in [2.45, 2.75) is 13.2 Å². The van der Waals surface area contributed by atoms with Crippen molar-refractivity contribution in [1.29, 1.82) is 0 Å². The standard InChI is InChI=1S/C14H15BCl/c1-2-15(12-6-4-3-5-7-12)13-8-10-14(16)11-9-13/h3-11,15H,2H2,1H3/q-1. The highest BCUT2D eigenvalue weighted by Gasteiger charge is 2.04. The van der Waals surface area contributed by atoms with Gasteiger partial charge in [0, 0.05) is 11.7 Å². The average molecular weight is 230 g/mol. The van der Waals surface area contributed by atoms with E-state index < -0.39 is 6.71 Å². The van der Waals surface area contributed by atoms with Gasteiger partial charge in [0.05, 0.1) is 0 Å². The number of hydrogen-bond donors (Lipinski definition) is 0. The molecule has 0 bridgehead atoms. The zero-order valence-corrected chi connectivity index (χ0v) is 10.2. The maximum absolute atomic E-state index is 5.91. The van der Waals surface area contributed by atoms with Gasteiger partial charge in [-0.05, 0) is 12.1 Å². The molecule has 2 heteroatoms. The zero-order chi connectivity index (χ0) is 11.4. The van der Waals surface area contributed by atoms with Crippen molar-refractivity contribution in [3.8, 4) is 0 Å². The first-order chi connectivity index (χ1) is 7.81. The fourth-order valence-corrected chi connectivity index (χ4v) is 2.47. The fraction of sp³-hybridized carbons (Fsp3) is 0.143. The molecule has 2 aromatic carbocycles. The van der Waals surface area contributed by atoms with Crippen LogP contribution in [0.15, 0.2) is 54.6 Å². The second kappa shape index (κ2) is 5.22. The Labute approximate surface area is 102 Å². The average Bonchev–Trinajstić information content (AvgIpc) is 2.34. The highest BCUT2D eigenvalue weighted by Crippen LogP contribution is 2.05. The van der Waals surface area contributed by atoms with E-state index in [0.717, 1.165) is 5.02 Å². The van der Waals surface area contributed by atoms with Gasteiger partial charge in [-0.3, -0.25) is 0 Å². The molecule has 0 aliphatic heterocycles. The molecule has 0 aliphatic carbocycles. The largest absolute Gasteiger partial charge is 0.208 e. The van der Waals surface area contributed by atoms with Crippen molar-refractivity contribution in [1.82, 2.24) is 0 Å². The van der Waals surface area contributed by atoms with Crippen LogP contribution in [0.1, 0.15) is 6.92 Å². The van der Waals surface area contributed by atoms with Gasteiger partial charge in [-0.2, -0.15) is 6.32 Å². The summed E-state index contributed by atoms with van der Waals surface area (Å²) in [6.45, 7) is 1.83. The van der Waals surface area contributed by atoms with Crippen LogP contribution in [-0.4, -0.2) is 6.71 Å². The van der Waals surface area contributed by atoms with Gasteiger partial charge in [0.25, 0.3) is 0 Å². The summed E-state index contributed by atoms with van der Waals surface area (Å²) in [4.78, 5) is 0. The van der Waals surface area contributed by atoms with Gasteiger partial charge < -0.3 is 0 Å². The topological polar surface area (TPSA) is 0 Å². The molecule has 0 N–H and O–H groups in total. The predicted octanol–water partition coefficient (Wildman–Crippen LogP) is 2.70. The lowest BCUT2D eigenvalue weighted by Gasteiger charge is -2.22. The number of rotatable bonds is 3. The summed E-state index contributed by atoms with van der Waals surface area (Å²) in [7, 11) is 0. The van der Waals surface area contributed by atoms with Gasteiger partial charge in [0.2, 0.25) is 0 Å². The summed E-state index contributed by atoms with van der Waals surface area (Å²) >= 11 is 5.91. The Hall–Kier alpha value is -1.21. The number of hydrogen-bond acceptors (Lipinski definition) is 0. The minimum absolute atomic E-state index is 0.417. The first-order valence-electron chi connectivity index (χ1n) is 5.84. The summed E-state index contributed by atoms with van der Waals surface area (Å²) in [6, 6.07) is 19.0. The van der Waals surface area contributed by atoms with Gasteiger partial charge >= 0.3 is 0 Å². The van der Waals surface area contributed by atoms with Crippen LogP contribution in [0.25, 0.3) is 0 Å². The van der Waals surface area contributed by atoms with Crippen LogP contribution in [-0.2, 0) is 0 Å². The SMILES string of the molecule is CC[BH-](c1ccccc1)c1ccc(Cl)cc1. The van der Waals surface area contributed by atoms with Crippen LogP contribution in [0, 0.1) is 0 Å². The molecule has 2 aromatic rings. The number of benzene rings is 2. The molecule has 0 aliphatic rings. The van der Waals surface area contributed by atoms with Crippen LogP contribution in [0.3, 0.4) is 0 Å². The Morgan fingerprint density at radius 3 is 2.00 bits per heavy atom. The van der Waals surface area contributed by atoms with E-state index in [4.69, 9.17) is 11.6 Å². The Kier molecular flexibility index (Phi) is 3.68. The van der Waals surface area contributed by atoms with E-state index in [0.29, 0.717) is 0 Å². The van der Waals surface area contributed by atoms with Crippen molar-refractivity contribution in [2.75, 3.05) is 0 Å². The van der Waals surface area contributed by atoms with Gasteiger partial charge in [-0.25, -0.2) is 10.9 Å². The van der Waals surface area contributed by atoms with Crippen molar-refractivity contribution < 1.29 is 0 Å². The molecular weight excluding hydrogens is 214 g/mol. The molecule has 0 heterocycles. The Bertz CT molecular complexity index is 436. The second-order valence-corrected chi connectivity index (χ2v) is 4.73. The van der Waals surface area contributed by atoms with Crippen LogP contribution in [0.5, 0.6) is 0 Å². The summed E-state index contributed by atoms with van der Waals surface area (Å²) < 4.78 is 0. The molecular formula is C14H15BCl-. The quantitative estimate of drug-likeness (QED) is 0.710. The van der Waals surface area contributed by atoms with E-state index in [1.807, 2.05) is 12.1 Å². The van der Waals surface area contributed by atoms with E-state index in [1.165, 1.54) is 17.2 Å². The minimum atomic E-state index is -0.417. The summed E-state index contributed by atoms with van der Waals surface area (Å²) in [5, 5.41) is 0.811. The molecule has 1 unspecified atom stereocenters. The lowest BCUT2D eigenvalue weighted by Crippen LogP contribution is -2.41. The number of halogens is 1. The van der Waals surface area contributed by atoms with E-state index in [9.17, 15) is 0 Å². The smallest absolute Gasteiger partial charge is 0.0403 e. The van der Waals surface area contributed by atoms with Gasteiger partial charge in [-0.1, -0.05) is 61.0 Å². The van der Waals surface area contributed by atoms with Crippen LogP contribution < -0.4 is 10.9 Å². The van der Waals surface area contributed by atoms with Crippen molar-refractivity contribution in [3.05, 3.63) is 59.6 Å². The first kappa shape index (κ1) is 11.3. The molecule has 0 saturated carbocycles. The molecule has 0 saturated heterocycles. The van der Waals surface area contributed by atoms with Crippen molar-refractivity contribution >= 4 is 29.2 Å². The molecule has 0 nitrogen and oxygen atoms in total. The van der Waals surface area contributed by atoms with Crippen LogP contribution in [0.2, 0.25) is 11.3 Å². The maximum Gasteiger partial charge on any atom is 0.0403 e. The van der Waals surface area contributed by atoms with Gasteiger partial charge in [-0.15, -0.1) is 0 Å². The molecule has 0 aromatic heterocycles. The third-order valence-electron chi connectivity index (χ3n) is 3.24. The van der Waals surface area contributed by atoms with Crippen LogP contribution >= 0.6 is 11.6 Å².